The number of carbonyl (C=O) groups is 2. The molecule has 0 radical (unpaired) electrons. The van der Waals surface area contributed by atoms with Crippen LogP contribution >= 0.6 is 0 Å². The van der Waals surface area contributed by atoms with Gasteiger partial charge in [0.05, 0.1) is 0 Å². The van der Waals surface area contributed by atoms with Crippen LogP contribution in [0.5, 0.6) is 0 Å². The highest BCUT2D eigenvalue weighted by molar-refractivity contribution is 7.87. The predicted molar refractivity (Wildman–Crippen MR) is 52.8 cm³/mol. The summed E-state index contributed by atoms with van der Waals surface area (Å²) in [6.07, 6.45) is 0.203. The lowest BCUT2D eigenvalue weighted by molar-refractivity contribution is -0.148. The van der Waals surface area contributed by atoms with Crippen LogP contribution < -0.4 is 5.32 Å². The van der Waals surface area contributed by atoms with E-state index in [1.165, 1.54) is 0 Å². The quantitative estimate of drug-likeness (QED) is 0.372. The van der Waals surface area contributed by atoms with Crippen LogP contribution in [-0.4, -0.2) is 45.3 Å². The standard InChI is InChI=1S/C8H11NO6S/c1-2-7(10)9-3-8(11)15-6-4-14-16(12,13)5-6/h2,6H,1,3-5H2,(H,9,10). The van der Waals surface area contributed by atoms with E-state index in [2.05, 4.69) is 16.1 Å². The van der Waals surface area contributed by atoms with Gasteiger partial charge in [-0.05, 0) is 6.08 Å². The van der Waals surface area contributed by atoms with E-state index in [0.717, 1.165) is 6.08 Å². The van der Waals surface area contributed by atoms with Crippen molar-refractivity contribution in [1.29, 1.82) is 0 Å². The van der Waals surface area contributed by atoms with Gasteiger partial charge in [0.1, 0.15) is 25.0 Å². The van der Waals surface area contributed by atoms with Gasteiger partial charge in [-0.15, -0.1) is 0 Å². The van der Waals surface area contributed by atoms with Crippen molar-refractivity contribution in [2.75, 3.05) is 18.9 Å². The molecule has 1 heterocycles. The van der Waals surface area contributed by atoms with Gasteiger partial charge >= 0.3 is 5.97 Å². The molecule has 7 nitrogen and oxygen atoms in total. The first kappa shape index (κ1) is 12.7. The van der Waals surface area contributed by atoms with E-state index in [4.69, 9.17) is 4.74 Å². The molecule has 1 fully saturated rings. The van der Waals surface area contributed by atoms with E-state index in [0.29, 0.717) is 0 Å². The van der Waals surface area contributed by atoms with Crippen molar-refractivity contribution < 1.29 is 26.9 Å². The van der Waals surface area contributed by atoms with Crippen molar-refractivity contribution in [3.8, 4) is 0 Å². The van der Waals surface area contributed by atoms with Crippen molar-refractivity contribution in [2.45, 2.75) is 6.10 Å². The predicted octanol–water partition coefficient (Wildman–Crippen LogP) is -1.44. The van der Waals surface area contributed by atoms with Crippen LogP contribution in [0.15, 0.2) is 12.7 Å². The third-order valence-electron chi connectivity index (χ3n) is 1.71. The summed E-state index contributed by atoms with van der Waals surface area (Å²) in [6, 6.07) is 0. The molecule has 1 amide bonds. The van der Waals surface area contributed by atoms with Crippen molar-refractivity contribution in [3.63, 3.8) is 0 Å². The number of carbonyl (C=O) groups excluding carboxylic acids is 2. The summed E-state index contributed by atoms with van der Waals surface area (Å²) < 4.78 is 30.8. The van der Waals surface area contributed by atoms with Crippen LogP contribution in [0.25, 0.3) is 0 Å². The Morgan fingerprint density at radius 1 is 1.56 bits per heavy atom. The fourth-order valence-electron chi connectivity index (χ4n) is 1.03. The minimum Gasteiger partial charge on any atom is -0.457 e. The first-order chi connectivity index (χ1) is 7.43. The Bertz CT molecular complexity index is 401. The molecule has 0 aromatic rings. The van der Waals surface area contributed by atoms with Crippen LogP contribution in [0.1, 0.15) is 0 Å². The van der Waals surface area contributed by atoms with E-state index in [9.17, 15) is 18.0 Å². The van der Waals surface area contributed by atoms with E-state index in [1.807, 2.05) is 0 Å². The maximum atomic E-state index is 11.1. The van der Waals surface area contributed by atoms with E-state index < -0.39 is 28.1 Å². The Labute approximate surface area is 92.5 Å². The second-order valence-electron chi connectivity index (χ2n) is 3.04. The molecule has 0 saturated carbocycles. The molecule has 1 rings (SSSR count). The van der Waals surface area contributed by atoms with Gasteiger partial charge in [0.15, 0.2) is 0 Å². The lowest BCUT2D eigenvalue weighted by atomic mass is 10.4. The van der Waals surface area contributed by atoms with Gasteiger partial charge in [0.25, 0.3) is 10.1 Å². The number of amides is 1. The van der Waals surface area contributed by atoms with Gasteiger partial charge in [-0.1, -0.05) is 6.58 Å². The molecule has 1 saturated heterocycles. The zero-order chi connectivity index (χ0) is 12.2. The average molecular weight is 249 g/mol. The average Bonchev–Trinajstić information content (AvgIpc) is 2.54. The third kappa shape index (κ3) is 3.99. The molecule has 0 aromatic carbocycles. The first-order valence-electron chi connectivity index (χ1n) is 4.40. The zero-order valence-corrected chi connectivity index (χ0v) is 9.16. The number of nitrogens with one attached hydrogen (secondary N) is 1. The van der Waals surface area contributed by atoms with E-state index in [1.54, 1.807) is 0 Å². The van der Waals surface area contributed by atoms with Crippen LogP contribution in [0.2, 0.25) is 0 Å². The highest BCUT2D eigenvalue weighted by Crippen LogP contribution is 2.11. The highest BCUT2D eigenvalue weighted by Gasteiger charge is 2.31. The van der Waals surface area contributed by atoms with Crippen molar-refractivity contribution in [3.05, 3.63) is 12.7 Å². The number of hydrogen-bond acceptors (Lipinski definition) is 6. The van der Waals surface area contributed by atoms with Crippen LogP contribution in [0, 0.1) is 0 Å². The van der Waals surface area contributed by atoms with Gasteiger partial charge in [-0.3, -0.25) is 13.8 Å². The molecule has 1 unspecified atom stereocenters. The summed E-state index contributed by atoms with van der Waals surface area (Å²) >= 11 is 0. The van der Waals surface area contributed by atoms with Crippen molar-refractivity contribution in [1.82, 2.24) is 5.32 Å². The SMILES string of the molecule is C=CC(=O)NCC(=O)OC1COS(=O)(=O)C1. The van der Waals surface area contributed by atoms with E-state index >= 15 is 0 Å². The maximum absolute atomic E-state index is 11.1. The molecular formula is C8H11NO6S. The zero-order valence-electron chi connectivity index (χ0n) is 8.34. The molecule has 1 aliphatic heterocycles. The van der Waals surface area contributed by atoms with Gasteiger partial charge in [-0.25, -0.2) is 0 Å². The Balaban J connectivity index is 2.30. The molecule has 0 aliphatic carbocycles. The number of ether oxygens (including phenoxy) is 1. The number of esters is 1. The maximum Gasteiger partial charge on any atom is 0.325 e. The Hall–Kier alpha value is -1.41. The number of rotatable bonds is 4. The molecule has 90 valence electrons. The Morgan fingerprint density at radius 3 is 2.75 bits per heavy atom. The molecule has 8 heteroatoms. The summed E-state index contributed by atoms with van der Waals surface area (Å²) in [5.74, 6) is -1.58. The fraction of sp³-hybridized carbons (Fsp3) is 0.500. The molecule has 1 N–H and O–H groups in total. The molecule has 0 bridgehead atoms. The monoisotopic (exact) mass is 249 g/mol. The van der Waals surface area contributed by atoms with Crippen molar-refractivity contribution >= 4 is 22.0 Å². The summed E-state index contributed by atoms with van der Waals surface area (Å²) in [5, 5.41) is 2.20. The first-order valence-corrected chi connectivity index (χ1v) is 5.97. The molecule has 1 aliphatic rings. The second kappa shape index (κ2) is 5.08. The van der Waals surface area contributed by atoms with E-state index in [-0.39, 0.29) is 18.9 Å². The Morgan fingerprint density at radius 2 is 2.25 bits per heavy atom. The summed E-state index contributed by atoms with van der Waals surface area (Å²) in [7, 11) is -3.56. The normalized spacial score (nSPS) is 22.4. The summed E-state index contributed by atoms with van der Waals surface area (Å²) in [6.45, 7) is 2.69. The van der Waals surface area contributed by atoms with Crippen LogP contribution in [0.3, 0.4) is 0 Å². The molecule has 0 aromatic heterocycles. The van der Waals surface area contributed by atoms with Crippen LogP contribution in [0.4, 0.5) is 0 Å². The molecule has 16 heavy (non-hydrogen) atoms. The lowest BCUT2D eigenvalue weighted by Crippen LogP contribution is -2.32. The number of hydrogen-bond donors (Lipinski definition) is 1. The molecular weight excluding hydrogens is 238 g/mol. The smallest absolute Gasteiger partial charge is 0.325 e. The summed E-state index contributed by atoms with van der Waals surface area (Å²) in [4.78, 5) is 21.8. The van der Waals surface area contributed by atoms with Gasteiger partial charge in [-0.2, -0.15) is 8.42 Å². The highest BCUT2D eigenvalue weighted by atomic mass is 32.2. The minimum atomic E-state index is -3.56. The van der Waals surface area contributed by atoms with Gasteiger partial charge in [0.2, 0.25) is 5.91 Å². The fourth-order valence-corrected chi connectivity index (χ4v) is 2.11. The molecule has 1 atom stereocenters. The van der Waals surface area contributed by atoms with Crippen molar-refractivity contribution in [2.24, 2.45) is 0 Å². The van der Waals surface area contributed by atoms with Gasteiger partial charge < -0.3 is 10.1 Å². The third-order valence-corrected chi connectivity index (χ3v) is 2.99. The Kier molecular flexibility index (Phi) is 4.02. The van der Waals surface area contributed by atoms with Gasteiger partial charge in [0, 0.05) is 0 Å². The lowest BCUT2D eigenvalue weighted by Gasteiger charge is -2.08. The largest absolute Gasteiger partial charge is 0.457 e. The molecule has 0 spiro atoms. The topological polar surface area (TPSA) is 98.8 Å². The minimum absolute atomic E-state index is 0.177. The van der Waals surface area contributed by atoms with Crippen LogP contribution in [-0.2, 0) is 28.6 Å². The summed E-state index contributed by atoms with van der Waals surface area (Å²) in [5.41, 5.74) is 0. The second-order valence-corrected chi connectivity index (χ2v) is 4.73.